The second-order valence-electron chi connectivity index (χ2n) is 5.93. The number of carbonyl (C=O) groups is 1. The van der Waals surface area contributed by atoms with Crippen molar-refractivity contribution in [3.63, 3.8) is 0 Å². The van der Waals surface area contributed by atoms with E-state index in [1.54, 1.807) is 4.90 Å². The maximum Gasteiger partial charge on any atom is 0.391 e. The summed E-state index contributed by atoms with van der Waals surface area (Å²) in [5, 5.41) is 9.06. The minimum atomic E-state index is -4.13. The lowest BCUT2D eigenvalue weighted by Crippen LogP contribution is -2.48. The highest BCUT2D eigenvalue weighted by Crippen LogP contribution is 2.40. The Balaban J connectivity index is 1.89. The van der Waals surface area contributed by atoms with Gasteiger partial charge in [0.2, 0.25) is 5.91 Å². The van der Waals surface area contributed by atoms with Crippen LogP contribution in [0.1, 0.15) is 44.9 Å². The Morgan fingerprint density at radius 2 is 1.70 bits per heavy atom. The molecule has 0 radical (unpaired) electrons. The van der Waals surface area contributed by atoms with Crippen LogP contribution in [-0.4, -0.2) is 41.3 Å². The Hall–Kier alpha value is -0.780. The molecule has 0 aromatic rings. The molecular weight excluding hydrogens is 271 g/mol. The van der Waals surface area contributed by atoms with Crippen LogP contribution in [0.25, 0.3) is 0 Å². The van der Waals surface area contributed by atoms with Crippen LogP contribution in [-0.2, 0) is 4.79 Å². The SMILES string of the molecule is O=C(C1CCC(C(F)(F)F)CC1)N(CCO)C1CCC1. The number of halogens is 3. The Labute approximate surface area is 117 Å². The number of hydrogen-bond acceptors (Lipinski definition) is 2. The number of amides is 1. The van der Waals surface area contributed by atoms with Crippen LogP contribution in [0.4, 0.5) is 13.2 Å². The van der Waals surface area contributed by atoms with E-state index in [1.807, 2.05) is 0 Å². The summed E-state index contributed by atoms with van der Waals surface area (Å²) in [6, 6.07) is 0.190. The van der Waals surface area contributed by atoms with Gasteiger partial charge in [-0.25, -0.2) is 0 Å². The molecule has 2 fully saturated rings. The van der Waals surface area contributed by atoms with E-state index >= 15 is 0 Å². The molecule has 0 aliphatic heterocycles. The number of nitrogens with zero attached hydrogens (tertiary/aromatic N) is 1. The summed E-state index contributed by atoms with van der Waals surface area (Å²) in [7, 11) is 0. The van der Waals surface area contributed by atoms with Crippen molar-refractivity contribution in [2.45, 2.75) is 57.2 Å². The second-order valence-corrected chi connectivity index (χ2v) is 5.93. The molecule has 2 aliphatic carbocycles. The van der Waals surface area contributed by atoms with Gasteiger partial charge in [0, 0.05) is 18.5 Å². The maximum absolute atomic E-state index is 12.6. The van der Waals surface area contributed by atoms with Crippen molar-refractivity contribution in [2.75, 3.05) is 13.2 Å². The van der Waals surface area contributed by atoms with Gasteiger partial charge in [-0.2, -0.15) is 13.2 Å². The monoisotopic (exact) mass is 293 g/mol. The van der Waals surface area contributed by atoms with Crippen LogP contribution in [0, 0.1) is 11.8 Å². The molecule has 0 spiro atoms. The zero-order chi connectivity index (χ0) is 14.8. The largest absolute Gasteiger partial charge is 0.395 e. The fraction of sp³-hybridized carbons (Fsp3) is 0.929. The van der Waals surface area contributed by atoms with Crippen molar-refractivity contribution in [1.29, 1.82) is 0 Å². The third kappa shape index (κ3) is 3.45. The highest BCUT2D eigenvalue weighted by Gasteiger charge is 2.43. The number of aliphatic hydroxyl groups excluding tert-OH is 1. The quantitative estimate of drug-likeness (QED) is 0.866. The van der Waals surface area contributed by atoms with Gasteiger partial charge < -0.3 is 10.0 Å². The third-order valence-electron chi connectivity index (χ3n) is 4.68. The Kier molecular flexibility index (Phi) is 4.94. The molecule has 0 aromatic heterocycles. The van der Waals surface area contributed by atoms with Gasteiger partial charge in [-0.3, -0.25) is 4.79 Å². The number of rotatable bonds is 4. The summed E-state index contributed by atoms with van der Waals surface area (Å²) in [6.07, 6.45) is -0.412. The molecule has 1 amide bonds. The van der Waals surface area contributed by atoms with E-state index in [0.717, 1.165) is 19.3 Å². The van der Waals surface area contributed by atoms with Crippen molar-refractivity contribution < 1.29 is 23.1 Å². The van der Waals surface area contributed by atoms with Gasteiger partial charge in [-0.05, 0) is 44.9 Å². The van der Waals surface area contributed by atoms with Crippen LogP contribution >= 0.6 is 0 Å². The van der Waals surface area contributed by atoms with E-state index in [2.05, 4.69) is 0 Å². The summed E-state index contributed by atoms with van der Waals surface area (Å²) >= 11 is 0. The number of carbonyl (C=O) groups excluding carboxylic acids is 1. The smallest absolute Gasteiger partial charge is 0.391 e. The summed E-state index contributed by atoms with van der Waals surface area (Å²) in [5.41, 5.74) is 0. The number of aliphatic hydroxyl groups is 1. The zero-order valence-corrected chi connectivity index (χ0v) is 11.5. The molecule has 0 atom stereocenters. The zero-order valence-electron chi connectivity index (χ0n) is 11.5. The van der Waals surface area contributed by atoms with Crippen LogP contribution < -0.4 is 0 Å². The molecule has 20 heavy (non-hydrogen) atoms. The topological polar surface area (TPSA) is 40.5 Å². The predicted molar refractivity (Wildman–Crippen MR) is 67.9 cm³/mol. The van der Waals surface area contributed by atoms with E-state index in [9.17, 15) is 18.0 Å². The third-order valence-corrected chi connectivity index (χ3v) is 4.68. The first-order valence-corrected chi connectivity index (χ1v) is 7.41. The summed E-state index contributed by atoms with van der Waals surface area (Å²) < 4.78 is 37.8. The fourth-order valence-electron chi connectivity index (χ4n) is 3.18. The average molecular weight is 293 g/mol. The van der Waals surface area contributed by atoms with E-state index < -0.39 is 12.1 Å². The van der Waals surface area contributed by atoms with Crippen molar-refractivity contribution in [3.05, 3.63) is 0 Å². The van der Waals surface area contributed by atoms with Crippen LogP contribution in [0.15, 0.2) is 0 Å². The number of alkyl halides is 3. The van der Waals surface area contributed by atoms with E-state index in [1.165, 1.54) is 0 Å². The molecule has 3 nitrogen and oxygen atoms in total. The molecular formula is C14H22F3NO2. The fourth-order valence-corrected chi connectivity index (χ4v) is 3.18. The van der Waals surface area contributed by atoms with Gasteiger partial charge in [0.15, 0.2) is 0 Å². The normalized spacial score (nSPS) is 28.0. The first-order chi connectivity index (χ1) is 9.43. The Morgan fingerprint density at radius 1 is 1.10 bits per heavy atom. The van der Waals surface area contributed by atoms with Crippen LogP contribution in [0.2, 0.25) is 0 Å². The molecule has 0 heterocycles. The van der Waals surface area contributed by atoms with Crippen molar-refractivity contribution in [3.8, 4) is 0 Å². The molecule has 2 rings (SSSR count). The van der Waals surface area contributed by atoms with E-state index in [4.69, 9.17) is 5.11 Å². The molecule has 2 aliphatic rings. The van der Waals surface area contributed by atoms with Crippen LogP contribution in [0.3, 0.4) is 0 Å². The minimum Gasteiger partial charge on any atom is -0.395 e. The highest BCUT2D eigenvalue weighted by molar-refractivity contribution is 5.79. The Bertz CT molecular complexity index is 334. The predicted octanol–water partition coefficient (Wildman–Crippen LogP) is 2.73. The molecule has 0 saturated heterocycles. The Morgan fingerprint density at radius 3 is 2.10 bits per heavy atom. The molecule has 0 unspecified atom stereocenters. The van der Waals surface area contributed by atoms with Crippen molar-refractivity contribution >= 4 is 5.91 Å². The van der Waals surface area contributed by atoms with Gasteiger partial charge in [0.1, 0.15) is 0 Å². The van der Waals surface area contributed by atoms with Gasteiger partial charge in [0.05, 0.1) is 12.5 Å². The van der Waals surface area contributed by atoms with Gasteiger partial charge in [-0.15, -0.1) is 0 Å². The molecule has 6 heteroatoms. The lowest BCUT2D eigenvalue weighted by atomic mass is 9.80. The molecule has 2 saturated carbocycles. The average Bonchev–Trinajstić information content (AvgIpc) is 2.34. The van der Waals surface area contributed by atoms with Crippen LogP contribution in [0.5, 0.6) is 0 Å². The summed E-state index contributed by atoms with van der Waals surface area (Å²) in [6.45, 7) is 0.225. The highest BCUT2D eigenvalue weighted by atomic mass is 19.4. The van der Waals surface area contributed by atoms with Gasteiger partial charge >= 0.3 is 6.18 Å². The van der Waals surface area contributed by atoms with E-state index in [-0.39, 0.29) is 37.3 Å². The van der Waals surface area contributed by atoms with Gasteiger partial charge in [0.25, 0.3) is 0 Å². The molecule has 0 aromatic carbocycles. The molecule has 116 valence electrons. The van der Waals surface area contributed by atoms with Crippen molar-refractivity contribution in [1.82, 2.24) is 4.90 Å². The van der Waals surface area contributed by atoms with Crippen molar-refractivity contribution in [2.24, 2.45) is 11.8 Å². The number of hydrogen-bond donors (Lipinski definition) is 1. The first kappa shape index (κ1) is 15.6. The first-order valence-electron chi connectivity index (χ1n) is 7.41. The molecule has 0 bridgehead atoms. The second kappa shape index (κ2) is 6.33. The summed E-state index contributed by atoms with van der Waals surface area (Å²) in [5.74, 6) is -1.59. The minimum absolute atomic E-state index is 0.0515. The summed E-state index contributed by atoms with van der Waals surface area (Å²) in [4.78, 5) is 14.1. The molecule has 1 N–H and O–H groups in total. The lowest BCUT2D eigenvalue weighted by Gasteiger charge is -2.40. The standard InChI is InChI=1S/C14H22F3NO2/c15-14(16,17)11-6-4-10(5-7-11)13(20)18(8-9-19)12-2-1-3-12/h10-12,19H,1-9H2. The maximum atomic E-state index is 12.6. The van der Waals surface area contributed by atoms with E-state index in [0.29, 0.717) is 19.4 Å². The van der Waals surface area contributed by atoms with Gasteiger partial charge in [-0.1, -0.05) is 0 Å². The lowest BCUT2D eigenvalue weighted by molar-refractivity contribution is -0.185.